The zero-order valence-electron chi connectivity index (χ0n) is 15.5. The van der Waals surface area contributed by atoms with Crippen LogP contribution in [0, 0.1) is 5.82 Å². The van der Waals surface area contributed by atoms with E-state index in [-0.39, 0.29) is 18.3 Å². The van der Waals surface area contributed by atoms with E-state index in [0.29, 0.717) is 28.5 Å². The minimum atomic E-state index is -0.699. The molecule has 9 nitrogen and oxygen atoms in total. The number of halogens is 1. The molecular weight excluding hydrogens is 383 g/mol. The van der Waals surface area contributed by atoms with E-state index in [9.17, 15) is 9.18 Å². The van der Waals surface area contributed by atoms with Crippen molar-refractivity contribution in [2.45, 2.75) is 6.54 Å². The summed E-state index contributed by atoms with van der Waals surface area (Å²) in [5.41, 5.74) is 1.12. The van der Waals surface area contributed by atoms with E-state index < -0.39 is 11.6 Å². The van der Waals surface area contributed by atoms with Gasteiger partial charge in [-0.1, -0.05) is 5.16 Å². The smallest absolute Gasteiger partial charge is 0.437 e. The van der Waals surface area contributed by atoms with E-state index in [0.717, 1.165) is 4.68 Å². The molecule has 0 atom stereocenters. The Morgan fingerprint density at radius 1 is 1.03 bits per heavy atom. The molecule has 0 spiro atoms. The molecule has 4 rings (SSSR count). The summed E-state index contributed by atoms with van der Waals surface area (Å²) in [4.78, 5) is 16.3. The average Bonchev–Trinajstić information content (AvgIpc) is 3.35. The summed E-state index contributed by atoms with van der Waals surface area (Å²) in [5, 5.41) is 8.01. The maximum atomic E-state index is 13.0. The highest BCUT2D eigenvalue weighted by Crippen LogP contribution is 2.31. The topological polar surface area (TPSA) is 105 Å². The lowest BCUT2D eigenvalue weighted by molar-refractivity contribution is 0.354. The fourth-order valence-corrected chi connectivity index (χ4v) is 2.66. The van der Waals surface area contributed by atoms with E-state index in [4.69, 9.17) is 18.4 Å². The van der Waals surface area contributed by atoms with Gasteiger partial charge in [0.1, 0.15) is 12.4 Å². The Morgan fingerprint density at radius 2 is 1.76 bits per heavy atom. The SMILES string of the molecule is COc1ccc(-c2noc(Cn3nc(-c4ccc(F)cc4)oc3=O)n2)cc1OC. The van der Waals surface area contributed by atoms with E-state index in [1.807, 2.05) is 0 Å². The number of rotatable bonds is 6. The second kappa shape index (κ2) is 7.58. The number of hydrogen-bond acceptors (Lipinski definition) is 8. The molecule has 2 aromatic heterocycles. The van der Waals surface area contributed by atoms with Crippen molar-refractivity contribution in [2.24, 2.45) is 0 Å². The summed E-state index contributed by atoms with van der Waals surface area (Å²) in [5.74, 6) is 0.538. The van der Waals surface area contributed by atoms with E-state index in [2.05, 4.69) is 15.2 Å². The average molecular weight is 398 g/mol. The molecule has 0 N–H and O–H groups in total. The zero-order chi connectivity index (χ0) is 20.4. The molecule has 10 heteroatoms. The molecule has 0 amide bonds. The Labute approximate surface area is 163 Å². The first-order valence-corrected chi connectivity index (χ1v) is 8.46. The normalized spacial score (nSPS) is 10.9. The molecule has 0 saturated heterocycles. The highest BCUT2D eigenvalue weighted by molar-refractivity contribution is 5.60. The molecule has 4 aromatic rings. The van der Waals surface area contributed by atoms with Gasteiger partial charge in [-0.05, 0) is 42.5 Å². The Kier molecular flexibility index (Phi) is 4.82. The van der Waals surface area contributed by atoms with Gasteiger partial charge in [0.15, 0.2) is 11.5 Å². The van der Waals surface area contributed by atoms with Gasteiger partial charge in [0.05, 0.1) is 14.2 Å². The summed E-state index contributed by atoms with van der Waals surface area (Å²) in [7, 11) is 3.07. The van der Waals surface area contributed by atoms with Crippen LogP contribution in [0.1, 0.15) is 5.89 Å². The van der Waals surface area contributed by atoms with Gasteiger partial charge in [0.25, 0.3) is 0 Å². The summed E-state index contributed by atoms with van der Waals surface area (Å²) in [6.45, 7) is -0.0795. The van der Waals surface area contributed by atoms with Crippen molar-refractivity contribution in [3.63, 3.8) is 0 Å². The minimum Gasteiger partial charge on any atom is -0.493 e. The van der Waals surface area contributed by atoms with Gasteiger partial charge in [-0.2, -0.15) is 9.67 Å². The van der Waals surface area contributed by atoms with Crippen LogP contribution in [-0.4, -0.2) is 34.1 Å². The van der Waals surface area contributed by atoms with Crippen LogP contribution >= 0.6 is 0 Å². The zero-order valence-corrected chi connectivity index (χ0v) is 15.5. The third kappa shape index (κ3) is 3.72. The third-order valence-electron chi connectivity index (χ3n) is 4.09. The first-order chi connectivity index (χ1) is 14.1. The Morgan fingerprint density at radius 3 is 2.48 bits per heavy atom. The van der Waals surface area contributed by atoms with Crippen molar-refractivity contribution in [2.75, 3.05) is 14.2 Å². The van der Waals surface area contributed by atoms with Crippen molar-refractivity contribution in [1.29, 1.82) is 0 Å². The highest BCUT2D eigenvalue weighted by atomic mass is 19.1. The lowest BCUT2D eigenvalue weighted by atomic mass is 10.2. The molecule has 29 heavy (non-hydrogen) atoms. The number of ether oxygens (including phenoxy) is 2. The Hall–Kier alpha value is -3.95. The number of nitrogens with zero attached hydrogens (tertiary/aromatic N) is 4. The molecule has 148 valence electrons. The maximum Gasteiger partial charge on any atom is 0.437 e. The predicted octanol–water partition coefficient (Wildman–Crippen LogP) is 2.76. The lowest BCUT2D eigenvalue weighted by Crippen LogP contribution is -2.16. The van der Waals surface area contributed by atoms with Gasteiger partial charge >= 0.3 is 5.76 Å². The molecule has 0 unspecified atom stereocenters. The van der Waals surface area contributed by atoms with Gasteiger partial charge in [-0.15, -0.1) is 5.10 Å². The summed E-state index contributed by atoms with van der Waals surface area (Å²) < 4.78 is 34.9. The first kappa shape index (κ1) is 18.4. The molecule has 2 aromatic carbocycles. The Balaban J connectivity index is 1.57. The van der Waals surface area contributed by atoms with Crippen LogP contribution in [0.15, 0.2) is 56.2 Å². The standard InChI is InChI=1S/C19H15FN4O5/c1-26-14-8-5-12(9-15(14)27-2)17-21-16(29-23-17)10-24-19(25)28-18(22-24)11-3-6-13(20)7-4-11/h3-9H,10H2,1-2H3. The highest BCUT2D eigenvalue weighted by Gasteiger charge is 2.16. The van der Waals surface area contributed by atoms with Gasteiger partial charge in [-0.25, -0.2) is 9.18 Å². The molecule has 0 aliphatic rings. The van der Waals surface area contributed by atoms with Crippen LogP contribution in [0.25, 0.3) is 22.8 Å². The van der Waals surface area contributed by atoms with Crippen LogP contribution in [0.2, 0.25) is 0 Å². The van der Waals surface area contributed by atoms with Gasteiger partial charge in [0.2, 0.25) is 17.6 Å². The molecule has 0 radical (unpaired) electrons. The van der Waals surface area contributed by atoms with Crippen LogP contribution in [0.5, 0.6) is 11.5 Å². The molecular formula is C19H15FN4O5. The summed E-state index contributed by atoms with van der Waals surface area (Å²) in [6, 6.07) is 10.6. The van der Waals surface area contributed by atoms with Crippen LogP contribution in [0.3, 0.4) is 0 Å². The van der Waals surface area contributed by atoms with E-state index in [1.165, 1.54) is 31.4 Å². The van der Waals surface area contributed by atoms with Crippen LogP contribution in [-0.2, 0) is 6.54 Å². The maximum absolute atomic E-state index is 13.0. The monoisotopic (exact) mass is 398 g/mol. The number of aromatic nitrogens is 4. The van der Waals surface area contributed by atoms with E-state index >= 15 is 0 Å². The third-order valence-corrected chi connectivity index (χ3v) is 4.09. The van der Waals surface area contributed by atoms with Crippen molar-refractivity contribution in [1.82, 2.24) is 19.9 Å². The molecule has 0 aliphatic heterocycles. The van der Waals surface area contributed by atoms with Crippen molar-refractivity contribution >= 4 is 0 Å². The van der Waals surface area contributed by atoms with Crippen molar-refractivity contribution < 1.29 is 22.8 Å². The van der Waals surface area contributed by atoms with Crippen molar-refractivity contribution in [3.05, 3.63) is 64.7 Å². The predicted molar refractivity (Wildman–Crippen MR) is 98.1 cm³/mol. The summed E-state index contributed by atoms with van der Waals surface area (Å²) in [6.07, 6.45) is 0. The summed E-state index contributed by atoms with van der Waals surface area (Å²) >= 11 is 0. The number of benzene rings is 2. The fourth-order valence-electron chi connectivity index (χ4n) is 2.66. The molecule has 0 saturated carbocycles. The van der Waals surface area contributed by atoms with Gasteiger partial charge in [-0.3, -0.25) is 0 Å². The molecule has 0 fully saturated rings. The minimum absolute atomic E-state index is 0.0645. The fraction of sp³-hybridized carbons (Fsp3) is 0.158. The lowest BCUT2D eigenvalue weighted by Gasteiger charge is -2.07. The van der Waals surface area contributed by atoms with Gasteiger partial charge in [0, 0.05) is 11.1 Å². The largest absolute Gasteiger partial charge is 0.493 e. The second-order valence-electron chi connectivity index (χ2n) is 5.92. The number of methoxy groups -OCH3 is 2. The van der Waals surface area contributed by atoms with Crippen LogP contribution in [0.4, 0.5) is 4.39 Å². The van der Waals surface area contributed by atoms with E-state index in [1.54, 1.807) is 25.3 Å². The van der Waals surface area contributed by atoms with Crippen molar-refractivity contribution in [3.8, 4) is 34.3 Å². The molecule has 2 heterocycles. The molecule has 0 bridgehead atoms. The van der Waals surface area contributed by atoms with Crippen LogP contribution < -0.4 is 15.2 Å². The quantitative estimate of drug-likeness (QED) is 0.488. The Bertz CT molecular complexity index is 1200. The second-order valence-corrected chi connectivity index (χ2v) is 5.92. The molecule has 0 aliphatic carbocycles. The van der Waals surface area contributed by atoms with Gasteiger partial charge < -0.3 is 18.4 Å². The first-order valence-electron chi connectivity index (χ1n) is 8.46. The number of hydrogen-bond donors (Lipinski definition) is 0.